The monoisotopic (exact) mass is 302 g/mol. The van der Waals surface area contributed by atoms with Crippen LogP contribution in [0.2, 0.25) is 0 Å². The predicted molar refractivity (Wildman–Crippen MR) is 69.4 cm³/mol. The average Bonchev–Trinajstić information content (AvgIpc) is 2.81. The van der Waals surface area contributed by atoms with Gasteiger partial charge in [0.1, 0.15) is 0 Å². The lowest BCUT2D eigenvalue weighted by molar-refractivity contribution is -0.138. The first kappa shape index (κ1) is 14.9. The number of nitrogens with one attached hydrogen (secondary N) is 1. The molecule has 0 bridgehead atoms. The Morgan fingerprint density at radius 1 is 1.40 bits per heavy atom. The topological polar surface area (TPSA) is 50.7 Å². The molecule has 0 amide bonds. The van der Waals surface area contributed by atoms with Crippen molar-refractivity contribution in [1.82, 2.24) is 19.9 Å². The molecule has 0 aliphatic rings. The summed E-state index contributed by atoms with van der Waals surface area (Å²) in [6, 6.07) is 0.383. The Kier molecular flexibility index (Phi) is 4.34. The molecule has 1 unspecified atom stereocenters. The van der Waals surface area contributed by atoms with Crippen molar-refractivity contribution < 1.29 is 13.2 Å². The van der Waals surface area contributed by atoms with Crippen LogP contribution in [-0.4, -0.2) is 21.1 Å². The maximum Gasteiger partial charge on any atom is 0.416 e. The summed E-state index contributed by atoms with van der Waals surface area (Å²) >= 11 is 1.09. The van der Waals surface area contributed by atoms with Gasteiger partial charge in [0.2, 0.25) is 0 Å². The fourth-order valence-corrected chi connectivity index (χ4v) is 2.69. The van der Waals surface area contributed by atoms with Crippen molar-refractivity contribution in [2.75, 3.05) is 6.54 Å². The fraction of sp³-hybridized carbons (Fsp3) is 0.417. The number of pyridine rings is 1. The third-order valence-corrected chi connectivity index (χ3v) is 3.72. The highest BCUT2D eigenvalue weighted by Gasteiger charge is 2.36. The van der Waals surface area contributed by atoms with Gasteiger partial charge in [-0.05, 0) is 31.1 Å². The minimum Gasteiger partial charge on any atom is -0.306 e. The van der Waals surface area contributed by atoms with E-state index in [1.807, 2.05) is 6.92 Å². The molecule has 8 heteroatoms. The highest BCUT2D eigenvalue weighted by Crippen LogP contribution is 2.37. The maximum atomic E-state index is 13.1. The summed E-state index contributed by atoms with van der Waals surface area (Å²) < 4.78 is 43.1. The minimum atomic E-state index is -4.42. The molecule has 20 heavy (non-hydrogen) atoms. The largest absolute Gasteiger partial charge is 0.416 e. The normalized spacial score (nSPS) is 13.4. The van der Waals surface area contributed by atoms with E-state index in [1.54, 1.807) is 6.92 Å². The van der Waals surface area contributed by atoms with Crippen molar-refractivity contribution in [3.63, 3.8) is 0 Å². The van der Waals surface area contributed by atoms with Crippen LogP contribution in [0.3, 0.4) is 0 Å². The molecule has 0 saturated carbocycles. The van der Waals surface area contributed by atoms with Crippen LogP contribution in [0.25, 0.3) is 0 Å². The Morgan fingerprint density at radius 3 is 2.70 bits per heavy atom. The Hall–Kier alpha value is -1.54. The van der Waals surface area contributed by atoms with Crippen molar-refractivity contribution in [1.29, 1.82) is 0 Å². The van der Waals surface area contributed by atoms with Crippen LogP contribution in [-0.2, 0) is 6.18 Å². The molecule has 0 aromatic carbocycles. The van der Waals surface area contributed by atoms with Crippen LogP contribution >= 0.6 is 11.5 Å². The zero-order valence-corrected chi connectivity index (χ0v) is 11.7. The first-order valence-corrected chi connectivity index (χ1v) is 6.75. The summed E-state index contributed by atoms with van der Waals surface area (Å²) in [5.41, 5.74) is 0.0279. The van der Waals surface area contributed by atoms with Crippen LogP contribution in [0.4, 0.5) is 13.2 Å². The van der Waals surface area contributed by atoms with Gasteiger partial charge in [0, 0.05) is 18.0 Å². The number of alkyl halides is 3. The molecule has 108 valence electrons. The Morgan fingerprint density at radius 2 is 2.15 bits per heavy atom. The zero-order valence-electron chi connectivity index (χ0n) is 10.9. The Labute approximate surface area is 118 Å². The van der Waals surface area contributed by atoms with E-state index in [0.29, 0.717) is 17.1 Å². The van der Waals surface area contributed by atoms with Crippen molar-refractivity contribution in [3.8, 4) is 0 Å². The van der Waals surface area contributed by atoms with Crippen LogP contribution in [0.5, 0.6) is 0 Å². The predicted octanol–water partition coefficient (Wildman–Crippen LogP) is 2.96. The van der Waals surface area contributed by atoms with Gasteiger partial charge < -0.3 is 5.32 Å². The summed E-state index contributed by atoms with van der Waals surface area (Å²) in [6.07, 6.45) is -2.03. The number of rotatable bonds is 4. The standard InChI is InChI=1S/C12H13F3N4S/c1-3-17-10(11-7(2)18-19-20-11)8-6-16-5-4-9(8)12(13,14)15/h4-6,10,17H,3H2,1-2H3. The molecule has 2 aromatic heterocycles. The maximum absolute atomic E-state index is 13.1. The lowest BCUT2D eigenvalue weighted by Gasteiger charge is -2.21. The molecule has 0 radical (unpaired) electrons. The summed E-state index contributed by atoms with van der Waals surface area (Å²) in [5, 5.41) is 6.91. The second-order valence-corrected chi connectivity index (χ2v) is 4.96. The van der Waals surface area contributed by atoms with E-state index < -0.39 is 17.8 Å². The molecule has 0 aliphatic carbocycles. The molecular formula is C12H13F3N4S. The van der Waals surface area contributed by atoms with E-state index in [9.17, 15) is 13.2 Å². The van der Waals surface area contributed by atoms with Gasteiger partial charge in [-0.25, -0.2) is 0 Å². The van der Waals surface area contributed by atoms with E-state index in [4.69, 9.17) is 0 Å². The van der Waals surface area contributed by atoms with Crippen LogP contribution < -0.4 is 5.32 Å². The number of nitrogens with zero attached hydrogens (tertiary/aromatic N) is 3. The SMILES string of the molecule is CCNC(c1cnccc1C(F)(F)F)c1snnc1C. The van der Waals surface area contributed by atoms with Gasteiger partial charge in [0.25, 0.3) is 0 Å². The lowest BCUT2D eigenvalue weighted by atomic mass is 10.0. The highest BCUT2D eigenvalue weighted by atomic mass is 32.1. The smallest absolute Gasteiger partial charge is 0.306 e. The molecular weight excluding hydrogens is 289 g/mol. The van der Waals surface area contributed by atoms with E-state index in [-0.39, 0.29) is 5.56 Å². The molecule has 0 aliphatic heterocycles. The average molecular weight is 302 g/mol. The Balaban J connectivity index is 2.54. The van der Waals surface area contributed by atoms with Crippen molar-refractivity contribution in [2.24, 2.45) is 0 Å². The van der Waals surface area contributed by atoms with E-state index in [1.165, 1.54) is 6.20 Å². The third-order valence-electron chi connectivity index (χ3n) is 2.83. The summed E-state index contributed by atoms with van der Waals surface area (Å²) in [5.74, 6) is 0. The molecule has 2 heterocycles. The highest BCUT2D eigenvalue weighted by molar-refractivity contribution is 7.05. The van der Waals surface area contributed by atoms with Gasteiger partial charge in [0.15, 0.2) is 0 Å². The Bertz CT molecular complexity index is 582. The first-order valence-electron chi connectivity index (χ1n) is 5.98. The van der Waals surface area contributed by atoms with Crippen molar-refractivity contribution in [3.05, 3.63) is 40.2 Å². The van der Waals surface area contributed by atoms with Gasteiger partial charge in [-0.15, -0.1) is 5.10 Å². The molecule has 0 spiro atoms. The second-order valence-electron chi connectivity index (χ2n) is 4.17. The summed E-state index contributed by atoms with van der Waals surface area (Å²) in [7, 11) is 0. The van der Waals surface area contributed by atoms with Gasteiger partial charge in [0.05, 0.1) is 22.2 Å². The molecule has 0 fully saturated rings. The van der Waals surface area contributed by atoms with Gasteiger partial charge in [-0.2, -0.15) is 13.2 Å². The van der Waals surface area contributed by atoms with E-state index >= 15 is 0 Å². The van der Waals surface area contributed by atoms with Gasteiger partial charge >= 0.3 is 6.18 Å². The molecule has 1 N–H and O–H groups in total. The fourth-order valence-electron chi connectivity index (χ4n) is 1.95. The van der Waals surface area contributed by atoms with Gasteiger partial charge in [-0.3, -0.25) is 4.98 Å². The third kappa shape index (κ3) is 2.96. The number of aryl methyl sites for hydroxylation is 1. The first-order chi connectivity index (χ1) is 9.45. The minimum absolute atomic E-state index is 0.0935. The zero-order chi connectivity index (χ0) is 14.8. The number of hydrogen-bond acceptors (Lipinski definition) is 5. The lowest BCUT2D eigenvalue weighted by Crippen LogP contribution is -2.25. The number of aromatic nitrogens is 3. The molecule has 2 aromatic rings. The van der Waals surface area contributed by atoms with Crippen LogP contribution in [0, 0.1) is 6.92 Å². The van der Waals surface area contributed by atoms with Crippen LogP contribution in [0.1, 0.15) is 34.7 Å². The second kappa shape index (κ2) is 5.84. The number of halogens is 3. The molecule has 4 nitrogen and oxygen atoms in total. The molecule has 2 rings (SSSR count). The molecule has 0 saturated heterocycles. The van der Waals surface area contributed by atoms with Gasteiger partial charge in [-0.1, -0.05) is 11.4 Å². The quantitative estimate of drug-likeness (QED) is 0.943. The summed E-state index contributed by atoms with van der Waals surface area (Å²) in [4.78, 5) is 4.50. The number of hydrogen-bond donors (Lipinski definition) is 1. The van der Waals surface area contributed by atoms with Crippen LogP contribution in [0.15, 0.2) is 18.5 Å². The molecule has 1 atom stereocenters. The van der Waals surface area contributed by atoms with Crippen molar-refractivity contribution >= 4 is 11.5 Å². The van der Waals surface area contributed by atoms with Crippen molar-refractivity contribution in [2.45, 2.75) is 26.1 Å². The van der Waals surface area contributed by atoms with E-state index in [0.717, 1.165) is 23.8 Å². The van der Waals surface area contributed by atoms with E-state index in [2.05, 4.69) is 19.9 Å². The summed E-state index contributed by atoms with van der Waals surface area (Å²) in [6.45, 7) is 4.08.